The molecule has 1 unspecified atom stereocenters. The maximum Gasteiger partial charge on any atom is 0.431 e. The zero-order valence-corrected chi connectivity index (χ0v) is 11.9. The minimum Gasteiger partial charge on any atom is -0.490 e. The Morgan fingerprint density at radius 1 is 0.909 bits per heavy atom. The standard InChI is InChI=1S/C14H15F7O/c1-3-10(22-11-6-4-9(2)5-7-11)8-12(15,13(16,17)18)14(19,20)21/h4-7,10H,3,8H2,1-2H3. The van der Waals surface area contributed by atoms with Gasteiger partial charge in [-0.25, -0.2) is 4.39 Å². The molecule has 1 atom stereocenters. The van der Waals surface area contributed by atoms with Crippen LogP contribution >= 0.6 is 0 Å². The maximum absolute atomic E-state index is 13.7. The number of aryl methyl sites for hydroxylation is 1. The van der Waals surface area contributed by atoms with E-state index in [1.165, 1.54) is 19.1 Å². The number of rotatable bonds is 5. The molecule has 126 valence electrons. The minimum absolute atomic E-state index is 0.0872. The molecular formula is C14H15F7O. The fourth-order valence-electron chi connectivity index (χ4n) is 1.78. The quantitative estimate of drug-likeness (QED) is 0.658. The molecule has 1 nitrogen and oxygen atoms in total. The third-order valence-electron chi connectivity index (χ3n) is 3.19. The van der Waals surface area contributed by atoms with Crippen molar-refractivity contribution in [3.63, 3.8) is 0 Å². The molecule has 1 aromatic carbocycles. The van der Waals surface area contributed by atoms with Crippen LogP contribution in [0.2, 0.25) is 0 Å². The van der Waals surface area contributed by atoms with Crippen LogP contribution in [0.25, 0.3) is 0 Å². The topological polar surface area (TPSA) is 9.23 Å². The Balaban J connectivity index is 2.97. The number of hydrogen-bond acceptors (Lipinski definition) is 1. The van der Waals surface area contributed by atoms with E-state index in [1.54, 1.807) is 19.1 Å². The van der Waals surface area contributed by atoms with Crippen molar-refractivity contribution in [3.8, 4) is 5.75 Å². The van der Waals surface area contributed by atoms with Crippen LogP contribution in [-0.4, -0.2) is 24.1 Å². The van der Waals surface area contributed by atoms with Crippen molar-refractivity contribution in [2.24, 2.45) is 0 Å². The third kappa shape index (κ3) is 4.04. The molecule has 0 aliphatic heterocycles. The molecule has 0 saturated heterocycles. The summed E-state index contributed by atoms with van der Waals surface area (Å²) in [5.41, 5.74) is -4.46. The fourth-order valence-corrected chi connectivity index (χ4v) is 1.78. The molecule has 0 fully saturated rings. The summed E-state index contributed by atoms with van der Waals surface area (Å²) < 4.78 is 94.0. The monoisotopic (exact) mass is 332 g/mol. The molecule has 0 amide bonds. The summed E-state index contributed by atoms with van der Waals surface area (Å²) in [6.45, 7) is 3.08. The van der Waals surface area contributed by atoms with Gasteiger partial charge >= 0.3 is 18.0 Å². The fraction of sp³-hybridized carbons (Fsp3) is 0.571. The van der Waals surface area contributed by atoms with E-state index in [0.717, 1.165) is 5.56 Å². The van der Waals surface area contributed by atoms with Crippen molar-refractivity contribution < 1.29 is 35.5 Å². The highest BCUT2D eigenvalue weighted by Crippen LogP contribution is 2.49. The first kappa shape index (κ1) is 18.6. The van der Waals surface area contributed by atoms with Gasteiger partial charge in [-0.1, -0.05) is 24.6 Å². The Labute approximate surface area is 123 Å². The van der Waals surface area contributed by atoms with Crippen LogP contribution in [0.3, 0.4) is 0 Å². The maximum atomic E-state index is 13.7. The normalized spacial score (nSPS) is 14.8. The molecular weight excluding hydrogens is 317 g/mol. The van der Waals surface area contributed by atoms with Crippen LogP contribution in [-0.2, 0) is 0 Å². The second kappa shape index (κ2) is 6.34. The van der Waals surface area contributed by atoms with Crippen molar-refractivity contribution in [1.29, 1.82) is 0 Å². The summed E-state index contributed by atoms with van der Waals surface area (Å²) in [5.74, 6) is 0.0872. The van der Waals surface area contributed by atoms with E-state index in [0.29, 0.717) is 0 Å². The van der Waals surface area contributed by atoms with E-state index in [2.05, 4.69) is 0 Å². The van der Waals surface area contributed by atoms with Gasteiger partial charge in [-0.3, -0.25) is 0 Å². The molecule has 0 aliphatic carbocycles. The number of hydrogen-bond donors (Lipinski definition) is 0. The lowest BCUT2D eigenvalue weighted by molar-refractivity contribution is -0.346. The van der Waals surface area contributed by atoms with Crippen LogP contribution in [0, 0.1) is 6.92 Å². The van der Waals surface area contributed by atoms with Crippen LogP contribution in [0.1, 0.15) is 25.3 Å². The molecule has 8 heteroatoms. The Kier molecular flexibility index (Phi) is 5.35. The highest BCUT2D eigenvalue weighted by molar-refractivity contribution is 5.26. The zero-order valence-electron chi connectivity index (χ0n) is 11.9. The number of benzene rings is 1. The Morgan fingerprint density at radius 2 is 1.36 bits per heavy atom. The summed E-state index contributed by atoms with van der Waals surface area (Å²) in [5, 5.41) is 0. The van der Waals surface area contributed by atoms with Gasteiger partial charge in [0, 0.05) is 6.42 Å². The summed E-state index contributed by atoms with van der Waals surface area (Å²) in [6.07, 6.45) is -15.7. The van der Waals surface area contributed by atoms with Gasteiger partial charge in [0.2, 0.25) is 0 Å². The lowest BCUT2D eigenvalue weighted by atomic mass is 9.95. The van der Waals surface area contributed by atoms with Gasteiger partial charge in [0.1, 0.15) is 11.9 Å². The Bertz CT molecular complexity index is 461. The second-order valence-corrected chi connectivity index (χ2v) is 4.96. The van der Waals surface area contributed by atoms with E-state index in [-0.39, 0.29) is 12.2 Å². The lowest BCUT2D eigenvalue weighted by Gasteiger charge is -2.32. The van der Waals surface area contributed by atoms with Crippen molar-refractivity contribution in [3.05, 3.63) is 29.8 Å². The van der Waals surface area contributed by atoms with Crippen molar-refractivity contribution >= 4 is 0 Å². The molecule has 0 radical (unpaired) electrons. The van der Waals surface area contributed by atoms with E-state index >= 15 is 0 Å². The van der Waals surface area contributed by atoms with Gasteiger partial charge in [-0.2, -0.15) is 26.3 Å². The molecule has 0 N–H and O–H groups in total. The molecule has 0 aliphatic rings. The number of ether oxygens (including phenoxy) is 1. The third-order valence-corrected chi connectivity index (χ3v) is 3.19. The van der Waals surface area contributed by atoms with Gasteiger partial charge in [-0.05, 0) is 25.5 Å². The predicted octanol–water partition coefficient (Wildman–Crippen LogP) is 5.38. The highest BCUT2D eigenvalue weighted by Gasteiger charge is 2.72. The van der Waals surface area contributed by atoms with Gasteiger partial charge in [0.05, 0.1) is 0 Å². The average Bonchev–Trinajstić information content (AvgIpc) is 2.37. The van der Waals surface area contributed by atoms with E-state index in [4.69, 9.17) is 4.74 Å². The minimum atomic E-state index is -6.06. The molecule has 0 spiro atoms. The lowest BCUT2D eigenvalue weighted by Crippen LogP contribution is -2.55. The molecule has 0 aromatic heterocycles. The van der Waals surface area contributed by atoms with Crippen LogP contribution in [0.5, 0.6) is 5.75 Å². The van der Waals surface area contributed by atoms with Crippen molar-refractivity contribution in [2.45, 2.75) is 50.8 Å². The number of halogens is 7. The molecule has 1 rings (SSSR count). The summed E-state index contributed by atoms with van der Waals surface area (Å²) >= 11 is 0. The Morgan fingerprint density at radius 3 is 1.73 bits per heavy atom. The summed E-state index contributed by atoms with van der Waals surface area (Å²) in [6, 6.07) is 5.97. The van der Waals surface area contributed by atoms with Gasteiger partial charge < -0.3 is 4.74 Å². The number of alkyl halides is 7. The van der Waals surface area contributed by atoms with E-state index < -0.39 is 30.5 Å². The highest BCUT2D eigenvalue weighted by atomic mass is 19.4. The Hall–Kier alpha value is -1.47. The first-order chi connectivity index (χ1) is 9.90. The molecule has 0 bridgehead atoms. The van der Waals surface area contributed by atoms with Gasteiger partial charge in [0.15, 0.2) is 0 Å². The summed E-state index contributed by atoms with van der Waals surface area (Å²) in [7, 11) is 0. The zero-order chi connectivity index (χ0) is 17.2. The average molecular weight is 332 g/mol. The van der Waals surface area contributed by atoms with Crippen LogP contribution in [0.4, 0.5) is 30.7 Å². The smallest absolute Gasteiger partial charge is 0.431 e. The van der Waals surface area contributed by atoms with E-state index in [9.17, 15) is 30.7 Å². The summed E-state index contributed by atoms with van der Waals surface area (Å²) in [4.78, 5) is 0. The van der Waals surface area contributed by atoms with E-state index in [1.807, 2.05) is 0 Å². The predicted molar refractivity (Wildman–Crippen MR) is 66.5 cm³/mol. The van der Waals surface area contributed by atoms with Gasteiger partial charge in [-0.15, -0.1) is 0 Å². The second-order valence-electron chi connectivity index (χ2n) is 4.96. The SMILES string of the molecule is CCC(CC(F)(C(F)(F)F)C(F)(F)F)Oc1ccc(C)cc1. The first-order valence-corrected chi connectivity index (χ1v) is 6.46. The first-order valence-electron chi connectivity index (χ1n) is 6.46. The molecule has 1 aromatic rings. The largest absolute Gasteiger partial charge is 0.490 e. The van der Waals surface area contributed by atoms with Crippen molar-refractivity contribution in [2.75, 3.05) is 0 Å². The molecule has 0 heterocycles. The molecule has 0 saturated carbocycles. The van der Waals surface area contributed by atoms with Gasteiger partial charge in [0.25, 0.3) is 0 Å². The molecule has 22 heavy (non-hydrogen) atoms. The van der Waals surface area contributed by atoms with Crippen LogP contribution in [0.15, 0.2) is 24.3 Å². The van der Waals surface area contributed by atoms with Crippen LogP contribution < -0.4 is 4.74 Å². The van der Waals surface area contributed by atoms with Crippen molar-refractivity contribution in [1.82, 2.24) is 0 Å².